The molecule has 1 heterocycles. The van der Waals surface area contributed by atoms with Gasteiger partial charge in [-0.25, -0.2) is 14.2 Å². The molecule has 4 nitrogen and oxygen atoms in total. The van der Waals surface area contributed by atoms with Crippen molar-refractivity contribution in [1.82, 2.24) is 4.98 Å². The van der Waals surface area contributed by atoms with Crippen molar-refractivity contribution >= 4 is 16.8 Å². The summed E-state index contributed by atoms with van der Waals surface area (Å²) in [4.78, 5) is 14.7. The van der Waals surface area contributed by atoms with Crippen LogP contribution in [0.4, 0.5) is 4.39 Å². The zero-order valence-corrected chi connectivity index (χ0v) is 10.6. The first-order valence-electron chi connectivity index (χ1n) is 5.40. The van der Waals surface area contributed by atoms with Crippen molar-refractivity contribution in [3.8, 4) is 0 Å². The van der Waals surface area contributed by atoms with Crippen LogP contribution in [0.25, 0.3) is 0 Å². The highest BCUT2D eigenvalue weighted by Gasteiger charge is 2.12. The van der Waals surface area contributed by atoms with Gasteiger partial charge in [0.15, 0.2) is 0 Å². The van der Waals surface area contributed by atoms with Crippen LogP contribution in [0.2, 0.25) is 0 Å². The van der Waals surface area contributed by atoms with E-state index in [0.717, 1.165) is 0 Å². The third kappa shape index (κ3) is 3.23. The van der Waals surface area contributed by atoms with Crippen LogP contribution >= 0.6 is 0 Å². The molecule has 0 radical (unpaired) electrons. The number of benzene rings is 1. The standard InChI is InChI=1S/C13H10FNO3S/c14-10-5-1-2-7-12(10)19(18)8-9-4-3-6-11(15-9)13(16)17/h1-7H,8H2,(H,16,17). The number of nitrogens with zero attached hydrogens (tertiary/aromatic N) is 1. The van der Waals surface area contributed by atoms with Gasteiger partial charge in [-0.05, 0) is 24.3 Å². The zero-order valence-electron chi connectivity index (χ0n) is 9.75. The summed E-state index contributed by atoms with van der Waals surface area (Å²) in [6, 6.07) is 10.2. The smallest absolute Gasteiger partial charge is 0.354 e. The molecule has 2 aromatic rings. The van der Waals surface area contributed by atoms with Gasteiger partial charge in [0.05, 0.1) is 27.1 Å². The summed E-state index contributed by atoms with van der Waals surface area (Å²) >= 11 is 0. The van der Waals surface area contributed by atoms with E-state index in [1.54, 1.807) is 12.1 Å². The van der Waals surface area contributed by atoms with Crippen molar-refractivity contribution in [2.75, 3.05) is 0 Å². The molecule has 1 N–H and O–H groups in total. The van der Waals surface area contributed by atoms with E-state index in [-0.39, 0.29) is 16.3 Å². The average Bonchev–Trinajstić information content (AvgIpc) is 2.39. The lowest BCUT2D eigenvalue weighted by Gasteiger charge is -2.04. The summed E-state index contributed by atoms with van der Waals surface area (Å²) < 4.78 is 25.4. The number of aromatic carboxylic acids is 1. The van der Waals surface area contributed by atoms with Gasteiger partial charge in [0, 0.05) is 0 Å². The number of carboxylic acids is 1. The Morgan fingerprint density at radius 3 is 2.63 bits per heavy atom. The van der Waals surface area contributed by atoms with Crippen LogP contribution in [0.1, 0.15) is 16.2 Å². The van der Waals surface area contributed by atoms with Crippen LogP contribution in [0, 0.1) is 5.82 Å². The Bertz CT molecular complexity index is 645. The summed E-state index contributed by atoms with van der Waals surface area (Å²) in [6.07, 6.45) is 0. The summed E-state index contributed by atoms with van der Waals surface area (Å²) in [5, 5.41) is 8.81. The third-order valence-corrected chi connectivity index (χ3v) is 3.77. The lowest BCUT2D eigenvalue weighted by Crippen LogP contribution is -2.05. The maximum atomic E-state index is 13.4. The normalized spacial score (nSPS) is 12.1. The Kier molecular flexibility index (Phi) is 4.01. The first-order chi connectivity index (χ1) is 9.08. The van der Waals surface area contributed by atoms with E-state index < -0.39 is 22.6 Å². The molecule has 1 aromatic carbocycles. The maximum absolute atomic E-state index is 13.4. The molecule has 0 spiro atoms. The Morgan fingerprint density at radius 1 is 1.21 bits per heavy atom. The second kappa shape index (κ2) is 5.71. The van der Waals surface area contributed by atoms with Gasteiger partial charge in [-0.1, -0.05) is 18.2 Å². The van der Waals surface area contributed by atoms with E-state index in [0.29, 0.717) is 5.69 Å². The number of carboxylic acid groups (broad SMARTS) is 1. The van der Waals surface area contributed by atoms with Crippen LogP contribution in [-0.2, 0) is 16.6 Å². The lowest BCUT2D eigenvalue weighted by molar-refractivity contribution is 0.0690. The van der Waals surface area contributed by atoms with Gasteiger partial charge >= 0.3 is 5.97 Å². The van der Waals surface area contributed by atoms with Crippen LogP contribution in [0.5, 0.6) is 0 Å². The minimum absolute atomic E-state index is 0.0257. The topological polar surface area (TPSA) is 67.3 Å². The van der Waals surface area contributed by atoms with Crippen LogP contribution in [-0.4, -0.2) is 20.3 Å². The first kappa shape index (κ1) is 13.4. The number of aromatic nitrogens is 1. The molecule has 0 amide bonds. The van der Waals surface area contributed by atoms with Crippen LogP contribution < -0.4 is 0 Å². The molecule has 0 saturated carbocycles. The van der Waals surface area contributed by atoms with Gasteiger partial charge < -0.3 is 5.11 Å². The van der Waals surface area contributed by atoms with E-state index >= 15 is 0 Å². The number of carbonyl (C=O) groups is 1. The maximum Gasteiger partial charge on any atom is 0.354 e. The third-order valence-electron chi connectivity index (χ3n) is 2.39. The quantitative estimate of drug-likeness (QED) is 0.932. The molecule has 1 atom stereocenters. The molecule has 6 heteroatoms. The molecular weight excluding hydrogens is 269 g/mol. The molecule has 0 aliphatic heterocycles. The molecule has 0 aliphatic carbocycles. The molecule has 0 saturated heterocycles. The molecule has 1 unspecified atom stereocenters. The summed E-state index contributed by atoms with van der Waals surface area (Å²) in [5.41, 5.74) is 0.226. The van der Waals surface area contributed by atoms with Gasteiger partial charge in [0.25, 0.3) is 0 Å². The Hall–Kier alpha value is -2.08. The van der Waals surface area contributed by atoms with E-state index in [9.17, 15) is 13.4 Å². The first-order valence-corrected chi connectivity index (χ1v) is 6.72. The molecule has 0 aliphatic rings. The highest BCUT2D eigenvalue weighted by molar-refractivity contribution is 7.84. The predicted octanol–water partition coefficient (Wildman–Crippen LogP) is 2.23. The second-order valence-corrected chi connectivity index (χ2v) is 5.16. The van der Waals surface area contributed by atoms with Crippen LogP contribution in [0.3, 0.4) is 0 Å². The lowest BCUT2D eigenvalue weighted by atomic mass is 10.3. The highest BCUT2D eigenvalue weighted by atomic mass is 32.2. The number of rotatable bonds is 4. The van der Waals surface area contributed by atoms with Gasteiger partial charge in [-0.3, -0.25) is 4.21 Å². The van der Waals surface area contributed by atoms with E-state index in [4.69, 9.17) is 5.11 Å². The Morgan fingerprint density at radius 2 is 1.95 bits per heavy atom. The van der Waals surface area contributed by atoms with Crippen molar-refractivity contribution in [1.29, 1.82) is 0 Å². The van der Waals surface area contributed by atoms with Crippen molar-refractivity contribution in [3.63, 3.8) is 0 Å². The summed E-state index contributed by atoms with van der Waals surface area (Å²) in [7, 11) is -1.60. The molecular formula is C13H10FNO3S. The second-order valence-electron chi connectivity index (χ2n) is 3.74. The molecule has 0 bridgehead atoms. The van der Waals surface area contributed by atoms with Gasteiger partial charge in [0.1, 0.15) is 11.5 Å². The summed E-state index contributed by atoms with van der Waals surface area (Å²) in [5.74, 6) is -1.73. The van der Waals surface area contributed by atoms with Gasteiger partial charge in [-0.15, -0.1) is 0 Å². The fourth-order valence-corrected chi connectivity index (χ4v) is 2.62. The largest absolute Gasteiger partial charge is 0.477 e. The Labute approximate surface area is 111 Å². The van der Waals surface area contributed by atoms with Crippen LogP contribution in [0.15, 0.2) is 47.4 Å². The molecule has 19 heavy (non-hydrogen) atoms. The van der Waals surface area contributed by atoms with E-state index in [1.807, 2.05) is 0 Å². The highest BCUT2D eigenvalue weighted by Crippen LogP contribution is 2.15. The Balaban J connectivity index is 2.22. The molecule has 2 rings (SSSR count). The zero-order chi connectivity index (χ0) is 13.8. The summed E-state index contributed by atoms with van der Waals surface area (Å²) in [6.45, 7) is 0. The van der Waals surface area contributed by atoms with Crippen molar-refractivity contribution in [2.45, 2.75) is 10.6 Å². The monoisotopic (exact) mass is 279 g/mol. The molecule has 98 valence electrons. The van der Waals surface area contributed by atoms with Crippen molar-refractivity contribution in [2.24, 2.45) is 0 Å². The fraction of sp³-hybridized carbons (Fsp3) is 0.0769. The van der Waals surface area contributed by atoms with E-state index in [1.165, 1.54) is 30.3 Å². The predicted molar refractivity (Wildman–Crippen MR) is 67.7 cm³/mol. The molecule has 0 fully saturated rings. The minimum atomic E-state index is -1.60. The SMILES string of the molecule is O=C(O)c1cccc(CS(=O)c2ccccc2F)n1. The molecule has 1 aromatic heterocycles. The van der Waals surface area contributed by atoms with Crippen molar-refractivity contribution < 1.29 is 18.5 Å². The van der Waals surface area contributed by atoms with Gasteiger partial charge in [-0.2, -0.15) is 0 Å². The fourth-order valence-electron chi connectivity index (χ4n) is 1.52. The number of halogens is 1. The number of pyridine rings is 1. The number of hydrogen-bond acceptors (Lipinski definition) is 3. The minimum Gasteiger partial charge on any atom is -0.477 e. The average molecular weight is 279 g/mol. The van der Waals surface area contributed by atoms with Gasteiger partial charge in [0.2, 0.25) is 0 Å². The number of hydrogen-bond donors (Lipinski definition) is 1. The van der Waals surface area contributed by atoms with Crippen molar-refractivity contribution in [3.05, 3.63) is 59.7 Å². The van der Waals surface area contributed by atoms with E-state index in [2.05, 4.69) is 4.98 Å².